The first-order valence-corrected chi connectivity index (χ1v) is 11.5. The average molecular weight is 441 g/mol. The summed E-state index contributed by atoms with van der Waals surface area (Å²) in [6.45, 7) is 10.3. The fourth-order valence-electron chi connectivity index (χ4n) is 7.44. The Morgan fingerprint density at radius 3 is 2.53 bits per heavy atom. The van der Waals surface area contributed by atoms with Crippen LogP contribution < -0.4 is 0 Å². The molecule has 32 heavy (non-hydrogen) atoms. The summed E-state index contributed by atoms with van der Waals surface area (Å²) in [6.07, 6.45) is 9.39. The van der Waals surface area contributed by atoms with E-state index in [9.17, 15) is 14.7 Å². The van der Waals surface area contributed by atoms with Gasteiger partial charge in [0.2, 0.25) is 0 Å². The third kappa shape index (κ3) is 2.68. The molecule has 6 heteroatoms. The molecule has 1 N–H and O–H groups in total. The maximum absolute atomic E-state index is 13.2. The van der Waals surface area contributed by atoms with Crippen LogP contribution in [0.5, 0.6) is 0 Å². The first-order valence-electron chi connectivity index (χ1n) is 11.5. The zero-order valence-corrected chi connectivity index (χ0v) is 19.4. The second-order valence-electron chi connectivity index (χ2n) is 11.3. The predicted octanol–water partition coefficient (Wildman–Crippen LogP) is 4.51. The summed E-state index contributed by atoms with van der Waals surface area (Å²) in [4.78, 5) is 26.0. The molecule has 2 fully saturated rings. The van der Waals surface area contributed by atoms with Crippen LogP contribution in [-0.4, -0.2) is 28.8 Å². The Hall–Kier alpha value is -2.34. The molecule has 7 unspecified atom stereocenters. The summed E-state index contributed by atoms with van der Waals surface area (Å²) in [7, 11) is 0. The molecule has 172 valence electrons. The van der Waals surface area contributed by atoms with Crippen LogP contribution in [0.15, 0.2) is 46.8 Å². The highest BCUT2D eigenvalue weighted by molar-refractivity contribution is 5.85. The highest BCUT2D eigenvalue weighted by Gasteiger charge is 2.66. The number of carbonyl (C=O) groups excluding carboxylic acids is 2. The zero-order chi connectivity index (χ0) is 23.1. The number of hydrogen-bond donors (Lipinski definition) is 1. The molecule has 0 radical (unpaired) electrons. The molecule has 2 aliphatic carbocycles. The van der Waals surface area contributed by atoms with Crippen molar-refractivity contribution in [3.05, 3.63) is 48.0 Å². The quantitative estimate of drug-likeness (QED) is 0.511. The number of allylic oxidation sites excluding steroid dienone is 1. The molecule has 4 aliphatic rings. The van der Waals surface area contributed by atoms with Crippen LogP contribution in [-0.2, 0) is 19.1 Å². The Kier molecular flexibility index (Phi) is 4.43. The molecule has 0 bridgehead atoms. The number of hydrogen-bond acceptors (Lipinski definition) is 6. The molecule has 1 aromatic heterocycles. The summed E-state index contributed by atoms with van der Waals surface area (Å²) in [6, 6.07) is 1.82. The normalized spacial score (nSPS) is 44.9. The van der Waals surface area contributed by atoms with E-state index in [4.69, 9.17) is 13.9 Å². The van der Waals surface area contributed by atoms with Gasteiger partial charge >= 0.3 is 11.9 Å². The van der Waals surface area contributed by atoms with Gasteiger partial charge in [-0.05, 0) is 48.2 Å². The van der Waals surface area contributed by atoms with Crippen molar-refractivity contribution in [2.24, 2.45) is 28.1 Å². The third-order valence-electron chi connectivity index (χ3n) is 9.18. The van der Waals surface area contributed by atoms with Gasteiger partial charge in [-0.3, -0.25) is 4.79 Å². The molecule has 1 saturated heterocycles. The minimum absolute atomic E-state index is 0.0373. The number of aliphatic hydroxyl groups is 1. The van der Waals surface area contributed by atoms with E-state index < -0.39 is 34.6 Å². The van der Waals surface area contributed by atoms with Crippen molar-refractivity contribution in [1.82, 2.24) is 0 Å². The lowest BCUT2D eigenvalue weighted by Crippen LogP contribution is -2.59. The molecule has 7 atom stereocenters. The Morgan fingerprint density at radius 2 is 1.84 bits per heavy atom. The number of rotatable bonds is 1. The molecule has 0 aromatic carbocycles. The van der Waals surface area contributed by atoms with E-state index in [1.807, 2.05) is 32.9 Å². The number of furan rings is 1. The van der Waals surface area contributed by atoms with Gasteiger partial charge in [0.1, 0.15) is 11.7 Å². The van der Waals surface area contributed by atoms with Crippen molar-refractivity contribution in [2.45, 2.75) is 71.7 Å². The van der Waals surface area contributed by atoms with E-state index in [-0.39, 0.29) is 29.6 Å². The smallest absolute Gasteiger partial charge is 0.331 e. The molecule has 3 heterocycles. The summed E-state index contributed by atoms with van der Waals surface area (Å²) >= 11 is 0. The molecule has 1 aromatic rings. The van der Waals surface area contributed by atoms with E-state index in [1.165, 1.54) is 0 Å². The summed E-state index contributed by atoms with van der Waals surface area (Å²) in [5, 5.41) is 10.7. The molecule has 2 aliphatic heterocycles. The van der Waals surface area contributed by atoms with E-state index in [0.29, 0.717) is 0 Å². The SMILES string of the molecule is CC12CCC3C(C)(OC(=O)CC4C(C)(C)C(O)C=CC34C)C1=CC(=O)OC2c1ccoc1. The van der Waals surface area contributed by atoms with Crippen LogP contribution in [0.2, 0.25) is 0 Å². The lowest BCUT2D eigenvalue weighted by Gasteiger charge is -2.59. The molecule has 1 saturated carbocycles. The van der Waals surface area contributed by atoms with Crippen LogP contribution in [0, 0.1) is 28.1 Å². The molecule has 0 amide bonds. The van der Waals surface area contributed by atoms with Gasteiger partial charge in [-0.1, -0.05) is 39.8 Å². The first-order chi connectivity index (χ1) is 14.9. The van der Waals surface area contributed by atoms with Gasteiger partial charge in [0.15, 0.2) is 0 Å². The van der Waals surface area contributed by atoms with Crippen molar-refractivity contribution in [3.63, 3.8) is 0 Å². The average Bonchev–Trinajstić information content (AvgIpc) is 3.21. The highest BCUT2D eigenvalue weighted by Crippen LogP contribution is 2.66. The van der Waals surface area contributed by atoms with Crippen LogP contribution in [0.4, 0.5) is 0 Å². The van der Waals surface area contributed by atoms with E-state index in [1.54, 1.807) is 18.6 Å². The Morgan fingerprint density at radius 1 is 1.09 bits per heavy atom. The molecule has 5 rings (SSSR count). The van der Waals surface area contributed by atoms with Crippen molar-refractivity contribution in [3.8, 4) is 0 Å². The van der Waals surface area contributed by atoms with E-state index in [0.717, 1.165) is 24.0 Å². The zero-order valence-electron chi connectivity index (χ0n) is 19.4. The molecular formula is C26H32O6. The van der Waals surface area contributed by atoms with Gasteiger partial charge in [-0.25, -0.2) is 4.79 Å². The largest absolute Gasteiger partial charge is 0.472 e. The summed E-state index contributed by atoms with van der Waals surface area (Å²) in [5.74, 6) is -0.836. The van der Waals surface area contributed by atoms with Gasteiger partial charge in [0.05, 0.1) is 18.6 Å². The fraction of sp³-hybridized carbons (Fsp3) is 0.615. The topological polar surface area (TPSA) is 86.0 Å². The number of carbonyl (C=O) groups is 2. The highest BCUT2D eigenvalue weighted by atomic mass is 16.6. The van der Waals surface area contributed by atoms with Gasteiger partial charge < -0.3 is 19.0 Å². The van der Waals surface area contributed by atoms with Crippen LogP contribution >= 0.6 is 0 Å². The Bertz CT molecular complexity index is 1020. The second-order valence-corrected chi connectivity index (χ2v) is 11.3. The number of aliphatic hydroxyl groups excluding tert-OH is 1. The molecule has 6 nitrogen and oxygen atoms in total. The third-order valence-corrected chi connectivity index (χ3v) is 9.18. The number of fused-ring (bicyclic) bond motifs is 5. The van der Waals surface area contributed by atoms with E-state index in [2.05, 4.69) is 19.9 Å². The van der Waals surface area contributed by atoms with Crippen molar-refractivity contribution in [2.75, 3.05) is 0 Å². The van der Waals surface area contributed by atoms with Gasteiger partial charge in [0, 0.05) is 29.4 Å². The van der Waals surface area contributed by atoms with Crippen LogP contribution in [0.1, 0.15) is 65.5 Å². The summed E-state index contributed by atoms with van der Waals surface area (Å²) in [5.41, 5.74) is -0.716. The van der Waals surface area contributed by atoms with Crippen LogP contribution in [0.25, 0.3) is 0 Å². The second kappa shape index (κ2) is 6.60. The fourth-order valence-corrected chi connectivity index (χ4v) is 7.44. The van der Waals surface area contributed by atoms with Gasteiger partial charge in [-0.15, -0.1) is 0 Å². The lowest BCUT2D eigenvalue weighted by molar-refractivity contribution is -0.175. The van der Waals surface area contributed by atoms with Crippen molar-refractivity contribution in [1.29, 1.82) is 0 Å². The maximum atomic E-state index is 13.2. The standard InChI is InChI=1S/C26H32O6/c1-23(2)17-12-21(29)32-26(5)16(24(17,3)10-7-19(23)27)6-9-25(4)18(26)13-20(28)31-22(25)15-8-11-30-14-15/h7-8,10-11,13-14,16-17,19,22,27H,6,9,12H2,1-5H3. The maximum Gasteiger partial charge on any atom is 0.331 e. The van der Waals surface area contributed by atoms with Crippen molar-refractivity contribution >= 4 is 11.9 Å². The summed E-state index contributed by atoms with van der Waals surface area (Å²) < 4.78 is 17.4. The Balaban J connectivity index is 1.67. The monoisotopic (exact) mass is 440 g/mol. The van der Waals surface area contributed by atoms with Crippen LogP contribution in [0.3, 0.4) is 0 Å². The first kappa shape index (κ1) is 21.5. The predicted molar refractivity (Wildman–Crippen MR) is 116 cm³/mol. The Labute approximate surface area is 188 Å². The number of cyclic esters (lactones) is 1. The number of ether oxygens (including phenoxy) is 2. The van der Waals surface area contributed by atoms with Gasteiger partial charge in [-0.2, -0.15) is 0 Å². The van der Waals surface area contributed by atoms with Crippen molar-refractivity contribution < 1.29 is 28.6 Å². The minimum Gasteiger partial charge on any atom is -0.472 e. The minimum atomic E-state index is -0.961. The molecular weight excluding hydrogens is 408 g/mol. The lowest BCUT2D eigenvalue weighted by atomic mass is 9.46. The van der Waals surface area contributed by atoms with E-state index >= 15 is 0 Å². The van der Waals surface area contributed by atoms with Gasteiger partial charge in [0.25, 0.3) is 0 Å². The molecule has 0 spiro atoms. The number of esters is 2.